The molecule has 8 nitrogen and oxygen atoms in total. The molecule has 1 aliphatic heterocycles. The van der Waals surface area contributed by atoms with E-state index in [2.05, 4.69) is 10.3 Å². The second-order valence-corrected chi connectivity index (χ2v) is 5.47. The lowest BCUT2D eigenvalue weighted by Gasteiger charge is -2.26. The lowest BCUT2D eigenvalue weighted by Crippen LogP contribution is -2.38. The zero-order chi connectivity index (χ0) is 15.6. The van der Waals surface area contributed by atoms with Crippen molar-refractivity contribution in [3.63, 3.8) is 0 Å². The second kappa shape index (κ2) is 5.86. The number of fused-ring (bicyclic) bond motifs is 1. The first-order chi connectivity index (χ1) is 9.85. The lowest BCUT2D eigenvalue weighted by molar-refractivity contribution is -0.151. The van der Waals surface area contributed by atoms with E-state index in [-0.39, 0.29) is 29.8 Å². The molecule has 1 aliphatic rings. The van der Waals surface area contributed by atoms with Crippen LogP contribution in [0.15, 0.2) is 16.0 Å². The Morgan fingerprint density at radius 2 is 2.33 bits per heavy atom. The van der Waals surface area contributed by atoms with E-state index < -0.39 is 23.2 Å². The highest BCUT2D eigenvalue weighted by Gasteiger charge is 2.41. The molecule has 1 aromatic heterocycles. The number of nitrogens with one attached hydrogen (secondary N) is 1. The van der Waals surface area contributed by atoms with Crippen LogP contribution in [0.2, 0.25) is 0 Å². The van der Waals surface area contributed by atoms with E-state index >= 15 is 0 Å². The Labute approximate surface area is 124 Å². The molecule has 2 heterocycles. The Morgan fingerprint density at radius 3 is 2.95 bits per heavy atom. The van der Waals surface area contributed by atoms with Crippen molar-refractivity contribution in [2.24, 2.45) is 0 Å². The van der Waals surface area contributed by atoms with Crippen molar-refractivity contribution in [1.29, 1.82) is 0 Å². The summed E-state index contributed by atoms with van der Waals surface area (Å²) in [5.74, 6) is -0.726. The quantitative estimate of drug-likeness (QED) is 0.590. The predicted molar refractivity (Wildman–Crippen MR) is 75.0 cm³/mol. The number of amides is 1. The second-order valence-electron chi connectivity index (χ2n) is 4.53. The van der Waals surface area contributed by atoms with Crippen molar-refractivity contribution in [1.82, 2.24) is 9.55 Å². The minimum Gasteiger partial charge on any atom is -0.466 e. The molecule has 2 rings (SSSR count). The SMILES string of the molecule is CCOC(=O)CC1(O)CSc2nc(=O)cc(NC(C)=O)n21. The molecule has 1 aromatic rings. The molecule has 1 atom stereocenters. The summed E-state index contributed by atoms with van der Waals surface area (Å²) in [4.78, 5) is 38.2. The molecule has 21 heavy (non-hydrogen) atoms. The van der Waals surface area contributed by atoms with E-state index in [1.54, 1.807) is 6.92 Å². The van der Waals surface area contributed by atoms with Crippen LogP contribution in [0, 0.1) is 0 Å². The normalized spacial score (nSPS) is 20.0. The highest BCUT2D eigenvalue weighted by Crippen LogP contribution is 2.39. The van der Waals surface area contributed by atoms with Crippen molar-refractivity contribution in [2.75, 3.05) is 17.7 Å². The Hall–Kier alpha value is -1.87. The first-order valence-corrected chi connectivity index (χ1v) is 7.27. The summed E-state index contributed by atoms with van der Waals surface area (Å²) >= 11 is 1.13. The molecule has 0 saturated carbocycles. The molecule has 0 fully saturated rings. The fourth-order valence-corrected chi connectivity index (χ4v) is 3.19. The van der Waals surface area contributed by atoms with Gasteiger partial charge in [-0.15, -0.1) is 0 Å². The van der Waals surface area contributed by atoms with Crippen molar-refractivity contribution < 1.29 is 19.4 Å². The molecule has 0 saturated heterocycles. The molecule has 0 bridgehead atoms. The number of thioether (sulfide) groups is 1. The molecular formula is C12H15N3O5S. The Morgan fingerprint density at radius 1 is 1.62 bits per heavy atom. The molecule has 9 heteroatoms. The molecular weight excluding hydrogens is 298 g/mol. The van der Waals surface area contributed by atoms with Gasteiger partial charge in [0.05, 0.1) is 18.8 Å². The van der Waals surface area contributed by atoms with Gasteiger partial charge >= 0.3 is 5.97 Å². The summed E-state index contributed by atoms with van der Waals surface area (Å²) in [5.41, 5.74) is -2.12. The number of aliphatic hydroxyl groups is 1. The van der Waals surface area contributed by atoms with Gasteiger partial charge in [0.25, 0.3) is 5.56 Å². The minimum atomic E-state index is -1.59. The van der Waals surface area contributed by atoms with E-state index in [0.717, 1.165) is 17.8 Å². The van der Waals surface area contributed by atoms with Gasteiger partial charge in [-0.3, -0.25) is 19.0 Å². The third-order valence-electron chi connectivity index (χ3n) is 2.78. The number of rotatable bonds is 4. The van der Waals surface area contributed by atoms with Gasteiger partial charge in [-0.2, -0.15) is 4.98 Å². The standard InChI is InChI=1S/C12H15N3O5S/c1-3-20-10(18)5-12(19)6-21-11-14-9(17)4-8(15(11)12)13-7(2)16/h4,19H,3,5-6H2,1-2H3,(H,13,16). The third-order valence-corrected chi connectivity index (χ3v) is 3.92. The number of esters is 1. The van der Waals surface area contributed by atoms with Gasteiger partial charge in [0.15, 0.2) is 10.9 Å². The maximum absolute atomic E-state index is 11.6. The first kappa shape index (κ1) is 15.5. The highest BCUT2D eigenvalue weighted by molar-refractivity contribution is 7.99. The zero-order valence-electron chi connectivity index (χ0n) is 11.6. The Kier molecular flexibility index (Phi) is 4.33. The zero-order valence-corrected chi connectivity index (χ0v) is 12.4. The van der Waals surface area contributed by atoms with E-state index in [0.29, 0.717) is 0 Å². The largest absolute Gasteiger partial charge is 0.466 e. The smallest absolute Gasteiger partial charge is 0.310 e. The molecule has 0 spiro atoms. The fraction of sp³-hybridized carbons (Fsp3) is 0.500. The van der Waals surface area contributed by atoms with Crippen LogP contribution in [-0.2, 0) is 20.1 Å². The highest BCUT2D eigenvalue weighted by atomic mass is 32.2. The summed E-state index contributed by atoms with van der Waals surface area (Å²) < 4.78 is 6.13. The predicted octanol–water partition coefficient (Wildman–Crippen LogP) is -0.0943. The number of aromatic nitrogens is 2. The van der Waals surface area contributed by atoms with Crippen LogP contribution in [0.25, 0.3) is 0 Å². The third kappa shape index (κ3) is 3.24. The Balaban J connectivity index is 2.43. The molecule has 1 amide bonds. The van der Waals surface area contributed by atoms with Crippen LogP contribution in [0.3, 0.4) is 0 Å². The summed E-state index contributed by atoms with van der Waals surface area (Å²) in [6.07, 6.45) is -0.294. The van der Waals surface area contributed by atoms with Crippen LogP contribution < -0.4 is 10.9 Å². The van der Waals surface area contributed by atoms with Crippen LogP contribution >= 0.6 is 11.8 Å². The molecule has 0 aliphatic carbocycles. The Bertz CT molecular complexity index is 644. The number of hydrogen-bond donors (Lipinski definition) is 2. The van der Waals surface area contributed by atoms with Crippen LogP contribution in [0.1, 0.15) is 20.3 Å². The molecule has 1 unspecified atom stereocenters. The van der Waals surface area contributed by atoms with E-state index in [9.17, 15) is 19.5 Å². The number of carbonyl (C=O) groups is 2. The summed E-state index contributed by atoms with van der Waals surface area (Å²) in [6.45, 7) is 3.15. The van der Waals surface area contributed by atoms with Gasteiger partial charge in [-0.25, -0.2) is 0 Å². The van der Waals surface area contributed by atoms with E-state index in [1.807, 2.05) is 0 Å². The van der Waals surface area contributed by atoms with Gasteiger partial charge in [0, 0.05) is 13.0 Å². The van der Waals surface area contributed by atoms with Gasteiger partial charge in [-0.1, -0.05) is 11.8 Å². The fourth-order valence-electron chi connectivity index (χ4n) is 2.05. The number of nitrogens with zero attached hydrogens (tertiary/aromatic N) is 2. The van der Waals surface area contributed by atoms with Crippen LogP contribution in [-0.4, -0.2) is 38.9 Å². The van der Waals surface area contributed by atoms with Crippen LogP contribution in [0.5, 0.6) is 0 Å². The van der Waals surface area contributed by atoms with Crippen LogP contribution in [0.4, 0.5) is 5.82 Å². The number of hydrogen-bond acceptors (Lipinski definition) is 7. The van der Waals surface area contributed by atoms with Crippen molar-refractivity contribution in [2.45, 2.75) is 31.1 Å². The molecule has 114 valence electrons. The maximum Gasteiger partial charge on any atom is 0.310 e. The first-order valence-electron chi connectivity index (χ1n) is 6.28. The van der Waals surface area contributed by atoms with Gasteiger partial charge in [0.2, 0.25) is 5.91 Å². The maximum atomic E-state index is 11.6. The molecule has 0 radical (unpaired) electrons. The van der Waals surface area contributed by atoms with Gasteiger partial charge in [-0.05, 0) is 6.92 Å². The average Bonchev–Trinajstić information content (AvgIpc) is 2.65. The number of ether oxygens (including phenoxy) is 1. The van der Waals surface area contributed by atoms with Gasteiger partial charge < -0.3 is 15.2 Å². The van der Waals surface area contributed by atoms with Crippen molar-refractivity contribution in [3.8, 4) is 0 Å². The van der Waals surface area contributed by atoms with E-state index in [1.165, 1.54) is 11.5 Å². The molecule has 0 aromatic carbocycles. The van der Waals surface area contributed by atoms with Crippen molar-refractivity contribution >= 4 is 29.5 Å². The van der Waals surface area contributed by atoms with E-state index in [4.69, 9.17) is 4.74 Å². The number of anilines is 1. The number of carbonyl (C=O) groups excluding carboxylic acids is 2. The monoisotopic (exact) mass is 313 g/mol. The minimum absolute atomic E-state index is 0.106. The average molecular weight is 313 g/mol. The summed E-state index contributed by atoms with van der Waals surface area (Å²) in [6, 6.07) is 1.10. The summed E-state index contributed by atoms with van der Waals surface area (Å²) in [5, 5.41) is 13.4. The topological polar surface area (TPSA) is 111 Å². The van der Waals surface area contributed by atoms with Gasteiger partial charge in [0.1, 0.15) is 5.82 Å². The molecule has 2 N–H and O–H groups in total. The van der Waals surface area contributed by atoms with Crippen molar-refractivity contribution in [3.05, 3.63) is 16.4 Å². The lowest BCUT2D eigenvalue weighted by atomic mass is 10.1. The summed E-state index contributed by atoms with van der Waals surface area (Å²) in [7, 11) is 0.